The molecule has 4 nitrogen and oxygen atoms in total. The molecule has 0 saturated carbocycles. The zero-order valence-electron chi connectivity index (χ0n) is 19.8. The summed E-state index contributed by atoms with van der Waals surface area (Å²) in [6.07, 6.45) is 15.7. The van der Waals surface area contributed by atoms with Gasteiger partial charge < -0.3 is 10.4 Å². The number of amides is 1. The maximum atomic E-state index is 12.3. The highest BCUT2D eigenvalue weighted by Crippen LogP contribution is 2.20. The first-order valence-corrected chi connectivity index (χ1v) is 12.6. The van der Waals surface area contributed by atoms with Gasteiger partial charge in [0.1, 0.15) is 6.04 Å². The molecule has 0 aliphatic heterocycles. The molecule has 0 bridgehead atoms. The molecule has 4 heteroatoms. The normalized spacial score (nSPS) is 12.0. The molecule has 32 heavy (non-hydrogen) atoms. The summed E-state index contributed by atoms with van der Waals surface area (Å²) in [5.74, 6) is -1.15. The third-order valence-corrected chi connectivity index (χ3v) is 6.19. The van der Waals surface area contributed by atoms with Gasteiger partial charge in [0.05, 0.1) is 0 Å². The Morgan fingerprint density at radius 2 is 1.34 bits per heavy atom. The van der Waals surface area contributed by atoms with Crippen LogP contribution < -0.4 is 5.32 Å². The van der Waals surface area contributed by atoms with Crippen LogP contribution in [-0.2, 0) is 16.0 Å². The van der Waals surface area contributed by atoms with Gasteiger partial charge in [0.25, 0.3) is 0 Å². The topological polar surface area (TPSA) is 66.4 Å². The average molecular weight is 440 g/mol. The van der Waals surface area contributed by atoms with Crippen LogP contribution >= 0.6 is 0 Å². The lowest BCUT2D eigenvalue weighted by atomic mass is 9.98. The van der Waals surface area contributed by atoms with Crippen molar-refractivity contribution in [1.82, 2.24) is 5.32 Å². The van der Waals surface area contributed by atoms with Crippen molar-refractivity contribution in [1.29, 1.82) is 0 Å². The number of carbonyl (C=O) groups is 2. The summed E-state index contributed by atoms with van der Waals surface area (Å²) in [5, 5.41) is 14.5. The van der Waals surface area contributed by atoms with Crippen molar-refractivity contribution >= 4 is 22.6 Å². The Labute approximate surface area is 193 Å². The van der Waals surface area contributed by atoms with Gasteiger partial charge in [-0.15, -0.1) is 0 Å². The Hall–Kier alpha value is -2.36. The molecule has 176 valence electrons. The lowest BCUT2D eigenvalue weighted by Crippen LogP contribution is -2.42. The first-order valence-electron chi connectivity index (χ1n) is 12.6. The van der Waals surface area contributed by atoms with Gasteiger partial charge in [-0.25, -0.2) is 4.79 Å². The van der Waals surface area contributed by atoms with Gasteiger partial charge in [0, 0.05) is 12.8 Å². The van der Waals surface area contributed by atoms with E-state index < -0.39 is 12.0 Å². The summed E-state index contributed by atoms with van der Waals surface area (Å²) in [5.41, 5.74) is 0.946. The SMILES string of the molecule is CCCCCCCCCCCCCCC(=O)NC(Cc1cccc2ccccc12)C(=O)O. The molecule has 0 aliphatic carbocycles. The minimum absolute atomic E-state index is 0.162. The second kappa shape index (κ2) is 15.4. The summed E-state index contributed by atoms with van der Waals surface area (Å²) in [6, 6.07) is 12.9. The van der Waals surface area contributed by atoms with E-state index in [0.717, 1.165) is 35.6 Å². The molecule has 1 unspecified atom stereocenters. The predicted octanol–water partition coefficient (Wildman–Crippen LogP) is 7.04. The molecule has 0 saturated heterocycles. The Morgan fingerprint density at radius 1 is 0.781 bits per heavy atom. The third-order valence-electron chi connectivity index (χ3n) is 6.19. The number of benzene rings is 2. The molecule has 0 radical (unpaired) electrons. The molecule has 0 aromatic heterocycles. The van der Waals surface area contributed by atoms with E-state index in [1.54, 1.807) is 0 Å². The second-order valence-electron chi connectivity index (χ2n) is 8.94. The largest absolute Gasteiger partial charge is 0.480 e. The molecule has 0 fully saturated rings. The smallest absolute Gasteiger partial charge is 0.326 e. The van der Waals surface area contributed by atoms with E-state index in [2.05, 4.69) is 12.2 Å². The van der Waals surface area contributed by atoms with Gasteiger partial charge in [0.15, 0.2) is 0 Å². The van der Waals surface area contributed by atoms with E-state index in [0.29, 0.717) is 12.8 Å². The number of rotatable bonds is 17. The van der Waals surface area contributed by atoms with Gasteiger partial charge in [-0.3, -0.25) is 4.79 Å². The van der Waals surface area contributed by atoms with E-state index in [1.165, 1.54) is 57.8 Å². The minimum atomic E-state index is -0.985. The van der Waals surface area contributed by atoms with Gasteiger partial charge >= 0.3 is 5.97 Å². The molecular weight excluding hydrogens is 398 g/mol. The molecular formula is C28H41NO3. The number of aliphatic carboxylic acids is 1. The van der Waals surface area contributed by atoms with Crippen LogP contribution in [0.1, 0.15) is 96.0 Å². The Balaban J connectivity index is 1.62. The molecule has 1 atom stereocenters. The lowest BCUT2D eigenvalue weighted by molar-refractivity contribution is -0.141. The van der Waals surface area contributed by atoms with Crippen LogP contribution in [0.2, 0.25) is 0 Å². The van der Waals surface area contributed by atoms with E-state index in [4.69, 9.17) is 0 Å². The fraction of sp³-hybridized carbons (Fsp3) is 0.571. The maximum absolute atomic E-state index is 12.3. The van der Waals surface area contributed by atoms with Gasteiger partial charge in [-0.1, -0.05) is 120 Å². The number of carbonyl (C=O) groups excluding carboxylic acids is 1. The first-order chi connectivity index (χ1) is 15.6. The van der Waals surface area contributed by atoms with E-state index >= 15 is 0 Å². The Bertz CT molecular complexity index is 812. The monoisotopic (exact) mass is 439 g/mol. The van der Waals surface area contributed by atoms with E-state index in [1.807, 2.05) is 42.5 Å². The van der Waals surface area contributed by atoms with Crippen LogP contribution in [0, 0.1) is 0 Å². The average Bonchev–Trinajstić information content (AvgIpc) is 2.79. The fourth-order valence-electron chi connectivity index (χ4n) is 4.28. The Morgan fingerprint density at radius 3 is 1.97 bits per heavy atom. The van der Waals surface area contributed by atoms with Crippen molar-refractivity contribution in [3.8, 4) is 0 Å². The van der Waals surface area contributed by atoms with Crippen molar-refractivity contribution in [2.24, 2.45) is 0 Å². The summed E-state index contributed by atoms with van der Waals surface area (Å²) >= 11 is 0. The van der Waals surface area contributed by atoms with Gasteiger partial charge in [-0.2, -0.15) is 0 Å². The molecule has 0 spiro atoms. The van der Waals surface area contributed by atoms with Crippen molar-refractivity contribution in [2.75, 3.05) is 0 Å². The number of unbranched alkanes of at least 4 members (excludes halogenated alkanes) is 11. The zero-order valence-corrected chi connectivity index (χ0v) is 19.8. The summed E-state index contributed by atoms with van der Waals surface area (Å²) in [7, 11) is 0. The van der Waals surface area contributed by atoms with E-state index in [9.17, 15) is 14.7 Å². The number of nitrogens with one attached hydrogen (secondary N) is 1. The van der Waals surface area contributed by atoms with Gasteiger partial charge in [0.2, 0.25) is 5.91 Å². The predicted molar refractivity (Wildman–Crippen MR) is 133 cm³/mol. The standard InChI is InChI=1S/C28H41NO3/c1-2-3-4-5-6-7-8-9-10-11-12-13-21-27(30)29-26(28(31)32)22-24-19-16-18-23-17-14-15-20-25(23)24/h14-20,26H,2-13,21-22H2,1H3,(H,29,30)(H,31,32). The van der Waals surface area contributed by atoms with Crippen molar-refractivity contribution in [2.45, 2.75) is 103 Å². The molecule has 0 aliphatic rings. The molecule has 2 aromatic carbocycles. The first kappa shape index (κ1) is 25.9. The molecule has 2 rings (SSSR count). The molecule has 2 aromatic rings. The zero-order chi connectivity index (χ0) is 23.0. The molecule has 0 heterocycles. The van der Waals surface area contributed by atoms with Crippen LogP contribution in [-0.4, -0.2) is 23.0 Å². The fourth-order valence-corrected chi connectivity index (χ4v) is 4.28. The van der Waals surface area contributed by atoms with Crippen molar-refractivity contribution < 1.29 is 14.7 Å². The summed E-state index contributed by atoms with van der Waals surface area (Å²) in [6.45, 7) is 2.25. The quantitative estimate of drug-likeness (QED) is 0.260. The Kier molecular flexibility index (Phi) is 12.5. The number of carboxylic acids is 1. The lowest BCUT2D eigenvalue weighted by Gasteiger charge is -2.16. The number of hydrogen-bond donors (Lipinski definition) is 2. The number of carboxylic acid groups (broad SMARTS) is 1. The van der Waals surface area contributed by atoms with E-state index in [-0.39, 0.29) is 5.91 Å². The summed E-state index contributed by atoms with van der Waals surface area (Å²) < 4.78 is 0. The number of hydrogen-bond acceptors (Lipinski definition) is 2. The van der Waals surface area contributed by atoms with Crippen LogP contribution in [0.3, 0.4) is 0 Å². The van der Waals surface area contributed by atoms with Crippen molar-refractivity contribution in [3.05, 3.63) is 48.0 Å². The highest BCUT2D eigenvalue weighted by molar-refractivity contribution is 5.88. The van der Waals surface area contributed by atoms with Crippen LogP contribution in [0.15, 0.2) is 42.5 Å². The van der Waals surface area contributed by atoms with Crippen LogP contribution in [0.5, 0.6) is 0 Å². The third kappa shape index (κ3) is 9.84. The maximum Gasteiger partial charge on any atom is 0.326 e. The van der Waals surface area contributed by atoms with Crippen molar-refractivity contribution in [3.63, 3.8) is 0 Å². The van der Waals surface area contributed by atoms with Gasteiger partial charge in [-0.05, 0) is 22.8 Å². The second-order valence-corrected chi connectivity index (χ2v) is 8.94. The minimum Gasteiger partial charge on any atom is -0.480 e. The number of fused-ring (bicyclic) bond motifs is 1. The van der Waals surface area contributed by atoms with Crippen LogP contribution in [0.4, 0.5) is 0 Å². The highest BCUT2D eigenvalue weighted by atomic mass is 16.4. The molecule has 1 amide bonds. The van der Waals surface area contributed by atoms with Crippen LogP contribution in [0.25, 0.3) is 10.8 Å². The molecule has 2 N–H and O–H groups in total. The summed E-state index contributed by atoms with van der Waals surface area (Å²) in [4.78, 5) is 24.1. The highest BCUT2D eigenvalue weighted by Gasteiger charge is 2.21.